The lowest BCUT2D eigenvalue weighted by molar-refractivity contribution is 0.528. The molecule has 23 heavy (non-hydrogen) atoms. The average molecular weight is 329 g/mol. The molecular weight excluding hydrogens is 306 g/mol. The highest BCUT2D eigenvalue weighted by atomic mass is 32.2. The molecule has 1 fully saturated rings. The van der Waals surface area contributed by atoms with Crippen molar-refractivity contribution >= 4 is 10.0 Å². The lowest BCUT2D eigenvalue weighted by Crippen LogP contribution is -2.31. The summed E-state index contributed by atoms with van der Waals surface area (Å²) in [5.41, 5.74) is 3.73. The van der Waals surface area contributed by atoms with Crippen LogP contribution in [0.1, 0.15) is 41.1 Å². The fraction of sp³-hybridized carbons (Fsp3) is 0.368. The van der Waals surface area contributed by atoms with Crippen molar-refractivity contribution in [1.82, 2.24) is 4.72 Å². The van der Waals surface area contributed by atoms with E-state index in [4.69, 9.17) is 0 Å². The topological polar surface area (TPSA) is 46.2 Å². The zero-order chi connectivity index (χ0) is 16.6. The fourth-order valence-electron chi connectivity index (χ4n) is 3.34. The Kier molecular flexibility index (Phi) is 4.30. The summed E-state index contributed by atoms with van der Waals surface area (Å²) in [5.74, 6) is 0.401. The Hall–Kier alpha value is -1.65. The van der Waals surface area contributed by atoms with Gasteiger partial charge in [0.2, 0.25) is 10.0 Å². The molecule has 0 unspecified atom stereocenters. The fourth-order valence-corrected chi connectivity index (χ4v) is 5.09. The second kappa shape index (κ2) is 6.10. The summed E-state index contributed by atoms with van der Waals surface area (Å²) in [6, 6.07) is 13.6. The van der Waals surface area contributed by atoms with Crippen LogP contribution in [0.2, 0.25) is 0 Å². The first-order valence-corrected chi connectivity index (χ1v) is 9.52. The van der Waals surface area contributed by atoms with Gasteiger partial charge in [0.05, 0.1) is 4.90 Å². The standard InChI is InChI=1S/C19H23NO2S/c1-13-11-14(2)19(15(3)12-13)23(21,22)20-18(17-9-10-17)16-7-5-4-6-8-16/h4-8,11-12,17-18,20H,9-10H2,1-3H3/t18-/m1/s1. The minimum Gasteiger partial charge on any atom is -0.207 e. The average Bonchev–Trinajstić information content (AvgIpc) is 3.29. The zero-order valence-corrected chi connectivity index (χ0v) is 14.7. The summed E-state index contributed by atoms with van der Waals surface area (Å²) in [7, 11) is -3.54. The Morgan fingerprint density at radius 3 is 2.09 bits per heavy atom. The van der Waals surface area contributed by atoms with E-state index in [-0.39, 0.29) is 6.04 Å². The van der Waals surface area contributed by atoms with Gasteiger partial charge in [0, 0.05) is 6.04 Å². The third kappa shape index (κ3) is 3.48. The highest BCUT2D eigenvalue weighted by Gasteiger charge is 2.36. The molecule has 122 valence electrons. The molecule has 0 bridgehead atoms. The van der Waals surface area contributed by atoms with Gasteiger partial charge in [0.25, 0.3) is 0 Å². The third-order valence-electron chi connectivity index (χ3n) is 4.41. The van der Waals surface area contributed by atoms with Gasteiger partial charge in [0.15, 0.2) is 0 Å². The molecule has 0 aliphatic heterocycles. The molecule has 3 rings (SSSR count). The van der Waals surface area contributed by atoms with E-state index >= 15 is 0 Å². The Bertz CT molecular complexity index is 786. The smallest absolute Gasteiger partial charge is 0.207 e. The molecule has 2 aromatic rings. The Morgan fingerprint density at radius 2 is 1.57 bits per heavy atom. The Labute approximate surface area is 138 Å². The Morgan fingerprint density at radius 1 is 1.00 bits per heavy atom. The van der Waals surface area contributed by atoms with E-state index in [9.17, 15) is 8.42 Å². The van der Waals surface area contributed by atoms with Gasteiger partial charge in [-0.2, -0.15) is 0 Å². The van der Waals surface area contributed by atoms with Crippen LogP contribution < -0.4 is 4.72 Å². The number of hydrogen-bond acceptors (Lipinski definition) is 2. The number of rotatable bonds is 5. The van der Waals surface area contributed by atoms with Crippen molar-refractivity contribution in [3.05, 3.63) is 64.7 Å². The highest BCUT2D eigenvalue weighted by Crippen LogP contribution is 2.42. The quantitative estimate of drug-likeness (QED) is 0.900. The van der Waals surface area contributed by atoms with Gasteiger partial charge < -0.3 is 0 Å². The number of sulfonamides is 1. The maximum Gasteiger partial charge on any atom is 0.241 e. The van der Waals surface area contributed by atoms with Crippen molar-refractivity contribution in [3.8, 4) is 0 Å². The predicted molar refractivity (Wildman–Crippen MR) is 92.9 cm³/mol. The van der Waals surface area contributed by atoms with Gasteiger partial charge in [-0.3, -0.25) is 0 Å². The maximum atomic E-state index is 13.0. The molecule has 1 saturated carbocycles. The van der Waals surface area contributed by atoms with E-state index in [1.165, 1.54) is 0 Å². The first-order valence-electron chi connectivity index (χ1n) is 8.03. The van der Waals surface area contributed by atoms with Crippen LogP contribution in [0.3, 0.4) is 0 Å². The number of aryl methyl sites for hydroxylation is 3. The molecule has 4 heteroatoms. The number of benzene rings is 2. The van der Waals surface area contributed by atoms with Crippen molar-refractivity contribution in [2.75, 3.05) is 0 Å². The van der Waals surface area contributed by atoms with Crippen molar-refractivity contribution in [2.24, 2.45) is 5.92 Å². The van der Waals surface area contributed by atoms with Gasteiger partial charge in [-0.05, 0) is 56.2 Å². The molecule has 1 atom stereocenters. The van der Waals surface area contributed by atoms with Gasteiger partial charge in [-0.1, -0.05) is 48.0 Å². The van der Waals surface area contributed by atoms with E-state index in [1.54, 1.807) is 0 Å². The van der Waals surface area contributed by atoms with Crippen LogP contribution in [0.5, 0.6) is 0 Å². The van der Waals surface area contributed by atoms with E-state index in [2.05, 4.69) is 4.72 Å². The molecular formula is C19H23NO2S. The normalized spacial score (nSPS) is 16.3. The summed E-state index contributed by atoms with van der Waals surface area (Å²) < 4.78 is 28.9. The van der Waals surface area contributed by atoms with Crippen molar-refractivity contribution in [2.45, 2.75) is 44.6 Å². The van der Waals surface area contributed by atoms with E-state index in [0.29, 0.717) is 10.8 Å². The predicted octanol–water partition coefficient (Wildman–Crippen LogP) is 4.04. The highest BCUT2D eigenvalue weighted by molar-refractivity contribution is 7.89. The van der Waals surface area contributed by atoms with Crippen LogP contribution in [0.4, 0.5) is 0 Å². The minimum absolute atomic E-state index is 0.138. The van der Waals surface area contributed by atoms with E-state index < -0.39 is 10.0 Å². The third-order valence-corrected chi connectivity index (χ3v) is 6.15. The molecule has 0 radical (unpaired) electrons. The lowest BCUT2D eigenvalue weighted by Gasteiger charge is -2.21. The van der Waals surface area contributed by atoms with Crippen molar-refractivity contribution in [3.63, 3.8) is 0 Å². The lowest BCUT2D eigenvalue weighted by atomic mass is 10.0. The zero-order valence-electron chi connectivity index (χ0n) is 13.8. The van der Waals surface area contributed by atoms with Crippen molar-refractivity contribution < 1.29 is 8.42 Å². The first-order chi connectivity index (χ1) is 10.9. The molecule has 3 nitrogen and oxygen atoms in total. The summed E-state index contributed by atoms with van der Waals surface area (Å²) in [5, 5.41) is 0. The molecule has 0 aromatic heterocycles. The van der Waals surface area contributed by atoms with E-state index in [0.717, 1.165) is 35.1 Å². The second-order valence-electron chi connectivity index (χ2n) is 6.57. The molecule has 0 heterocycles. The first kappa shape index (κ1) is 16.2. The summed E-state index contributed by atoms with van der Waals surface area (Å²) in [6.45, 7) is 5.72. The molecule has 0 amide bonds. The van der Waals surface area contributed by atoms with Crippen LogP contribution >= 0.6 is 0 Å². The van der Waals surface area contributed by atoms with Crippen LogP contribution in [0.15, 0.2) is 47.4 Å². The van der Waals surface area contributed by atoms with Crippen molar-refractivity contribution in [1.29, 1.82) is 0 Å². The van der Waals surface area contributed by atoms with Gasteiger partial charge >= 0.3 is 0 Å². The molecule has 1 aliphatic carbocycles. The van der Waals surface area contributed by atoms with Crippen LogP contribution in [0, 0.1) is 26.7 Å². The Balaban J connectivity index is 1.97. The number of nitrogens with one attached hydrogen (secondary N) is 1. The molecule has 1 aliphatic rings. The molecule has 0 spiro atoms. The van der Waals surface area contributed by atoms with Crippen LogP contribution in [0.25, 0.3) is 0 Å². The van der Waals surface area contributed by atoms with Gasteiger partial charge in [-0.25, -0.2) is 13.1 Å². The second-order valence-corrected chi connectivity index (χ2v) is 8.23. The minimum atomic E-state index is -3.54. The van der Waals surface area contributed by atoms with Crippen LogP contribution in [-0.2, 0) is 10.0 Å². The monoisotopic (exact) mass is 329 g/mol. The largest absolute Gasteiger partial charge is 0.241 e. The van der Waals surface area contributed by atoms with Crippen LogP contribution in [-0.4, -0.2) is 8.42 Å². The SMILES string of the molecule is Cc1cc(C)c(S(=O)(=O)N[C@H](c2ccccc2)C2CC2)c(C)c1. The molecule has 1 N–H and O–H groups in total. The maximum absolute atomic E-state index is 13.0. The van der Waals surface area contributed by atoms with Gasteiger partial charge in [-0.15, -0.1) is 0 Å². The summed E-state index contributed by atoms with van der Waals surface area (Å²) in [4.78, 5) is 0.421. The molecule has 2 aromatic carbocycles. The number of hydrogen-bond donors (Lipinski definition) is 1. The van der Waals surface area contributed by atoms with Gasteiger partial charge in [0.1, 0.15) is 0 Å². The molecule has 0 saturated heterocycles. The van der Waals surface area contributed by atoms with E-state index in [1.807, 2.05) is 63.2 Å². The summed E-state index contributed by atoms with van der Waals surface area (Å²) >= 11 is 0. The summed E-state index contributed by atoms with van der Waals surface area (Å²) in [6.07, 6.45) is 2.15.